The summed E-state index contributed by atoms with van der Waals surface area (Å²) in [6, 6.07) is 5.52. The van der Waals surface area contributed by atoms with Gasteiger partial charge in [0.05, 0.1) is 19.1 Å². The number of esters is 1. The van der Waals surface area contributed by atoms with Gasteiger partial charge in [-0.1, -0.05) is 18.2 Å². The number of ether oxygens (including phenoxy) is 1. The second kappa shape index (κ2) is 6.54. The number of aryl methyl sites for hydroxylation is 3. The maximum atomic E-state index is 12.0. The second-order valence-electron chi connectivity index (χ2n) is 5.18. The van der Waals surface area contributed by atoms with Crippen LogP contribution in [0.4, 0.5) is 0 Å². The maximum Gasteiger partial charge on any atom is 0.327 e. The van der Waals surface area contributed by atoms with E-state index in [1.165, 1.54) is 12.7 Å². The Bertz CT molecular complexity index is 634. The van der Waals surface area contributed by atoms with Crippen LogP contribution < -0.4 is 5.32 Å². The summed E-state index contributed by atoms with van der Waals surface area (Å²) >= 11 is 0. The van der Waals surface area contributed by atoms with Crippen molar-refractivity contribution in [2.45, 2.75) is 26.4 Å². The Hall–Kier alpha value is -2.14. The topological polar surface area (TPSA) is 56.1 Å². The van der Waals surface area contributed by atoms with Crippen LogP contribution in [0.2, 0.25) is 0 Å². The fraction of sp³-hybridized carbons (Fsp3) is 0.375. The van der Waals surface area contributed by atoms with Crippen LogP contribution >= 0.6 is 0 Å². The first kappa shape index (κ1) is 15.3. The molecular formula is C16H21N3O2. The Morgan fingerprint density at radius 3 is 2.71 bits per heavy atom. The summed E-state index contributed by atoms with van der Waals surface area (Å²) in [5.41, 5.74) is 4.28. The Morgan fingerprint density at radius 2 is 2.14 bits per heavy atom. The molecule has 5 nitrogen and oxygen atoms in total. The number of aromatic nitrogens is 2. The molecule has 0 radical (unpaired) electrons. The molecule has 1 atom stereocenters. The zero-order valence-corrected chi connectivity index (χ0v) is 12.9. The van der Waals surface area contributed by atoms with Crippen molar-refractivity contribution in [2.75, 3.05) is 7.11 Å². The molecule has 0 saturated heterocycles. The third-order valence-electron chi connectivity index (χ3n) is 3.70. The van der Waals surface area contributed by atoms with Crippen LogP contribution in [0.25, 0.3) is 0 Å². The van der Waals surface area contributed by atoms with E-state index >= 15 is 0 Å². The largest absolute Gasteiger partial charge is 0.468 e. The van der Waals surface area contributed by atoms with Crippen molar-refractivity contribution < 1.29 is 9.53 Å². The van der Waals surface area contributed by atoms with Crippen LogP contribution in [0.5, 0.6) is 0 Å². The lowest BCUT2D eigenvalue weighted by molar-refractivity contribution is -0.143. The van der Waals surface area contributed by atoms with Gasteiger partial charge in [-0.25, -0.2) is 9.78 Å². The number of hydrogen-bond acceptors (Lipinski definition) is 4. The third-order valence-corrected chi connectivity index (χ3v) is 3.70. The molecule has 1 heterocycles. The summed E-state index contributed by atoms with van der Waals surface area (Å²) in [6.45, 7) is 4.63. The second-order valence-corrected chi connectivity index (χ2v) is 5.18. The van der Waals surface area contributed by atoms with E-state index in [1.807, 2.05) is 36.7 Å². The molecular weight excluding hydrogens is 266 g/mol. The molecule has 1 aromatic carbocycles. The highest BCUT2D eigenvalue weighted by Crippen LogP contribution is 2.19. The van der Waals surface area contributed by atoms with E-state index in [4.69, 9.17) is 4.74 Å². The number of benzene rings is 1. The zero-order chi connectivity index (χ0) is 15.4. The van der Waals surface area contributed by atoms with Crippen molar-refractivity contribution in [2.24, 2.45) is 7.05 Å². The SMILES string of the molecule is COC(=O)C(NCc1cncn1C)c1ccc(C)c(C)c1. The molecule has 1 aromatic heterocycles. The highest BCUT2D eigenvalue weighted by molar-refractivity contribution is 5.77. The molecule has 0 saturated carbocycles. The molecule has 112 valence electrons. The Labute approximate surface area is 125 Å². The van der Waals surface area contributed by atoms with E-state index in [-0.39, 0.29) is 5.97 Å². The van der Waals surface area contributed by atoms with Crippen molar-refractivity contribution in [3.05, 3.63) is 53.1 Å². The molecule has 5 heteroatoms. The van der Waals surface area contributed by atoms with Gasteiger partial charge in [0.15, 0.2) is 0 Å². The molecule has 1 N–H and O–H groups in total. The normalized spacial score (nSPS) is 12.2. The molecule has 0 bridgehead atoms. The predicted octanol–water partition coefficient (Wildman–Crippen LogP) is 2.04. The number of carbonyl (C=O) groups is 1. The first-order chi connectivity index (χ1) is 10.0. The van der Waals surface area contributed by atoms with E-state index < -0.39 is 6.04 Å². The van der Waals surface area contributed by atoms with Crippen molar-refractivity contribution in [1.29, 1.82) is 0 Å². The molecule has 0 spiro atoms. The summed E-state index contributed by atoms with van der Waals surface area (Å²) in [4.78, 5) is 16.1. The molecule has 2 rings (SSSR count). The minimum atomic E-state index is -0.482. The summed E-state index contributed by atoms with van der Waals surface area (Å²) < 4.78 is 6.83. The van der Waals surface area contributed by atoms with E-state index in [0.29, 0.717) is 6.54 Å². The summed E-state index contributed by atoms with van der Waals surface area (Å²) in [5.74, 6) is -0.291. The van der Waals surface area contributed by atoms with Gasteiger partial charge in [-0.15, -0.1) is 0 Å². The highest BCUT2D eigenvalue weighted by atomic mass is 16.5. The van der Waals surface area contributed by atoms with E-state index in [0.717, 1.165) is 16.8 Å². The van der Waals surface area contributed by atoms with E-state index in [2.05, 4.69) is 17.2 Å². The van der Waals surface area contributed by atoms with Crippen LogP contribution in [0.15, 0.2) is 30.7 Å². The molecule has 1 unspecified atom stereocenters. The predicted molar refractivity (Wildman–Crippen MR) is 80.7 cm³/mol. The van der Waals surface area contributed by atoms with Gasteiger partial charge < -0.3 is 9.30 Å². The minimum absolute atomic E-state index is 0.291. The molecule has 0 amide bonds. The molecule has 2 aromatic rings. The van der Waals surface area contributed by atoms with Gasteiger partial charge in [0.2, 0.25) is 0 Å². The monoisotopic (exact) mass is 287 g/mol. The van der Waals surface area contributed by atoms with Crippen molar-refractivity contribution in [1.82, 2.24) is 14.9 Å². The van der Waals surface area contributed by atoms with Crippen molar-refractivity contribution >= 4 is 5.97 Å². The van der Waals surface area contributed by atoms with Crippen LogP contribution in [0.3, 0.4) is 0 Å². The van der Waals surface area contributed by atoms with E-state index in [1.54, 1.807) is 12.5 Å². The number of carbonyl (C=O) groups excluding carboxylic acids is 1. The summed E-state index contributed by atoms with van der Waals surface area (Å²) in [7, 11) is 3.33. The Balaban J connectivity index is 2.20. The number of nitrogens with zero attached hydrogens (tertiary/aromatic N) is 2. The van der Waals surface area contributed by atoms with Gasteiger partial charge in [0, 0.05) is 19.8 Å². The molecule has 21 heavy (non-hydrogen) atoms. The average Bonchev–Trinajstić information content (AvgIpc) is 2.88. The lowest BCUT2D eigenvalue weighted by Gasteiger charge is -2.18. The first-order valence-corrected chi connectivity index (χ1v) is 6.86. The summed E-state index contributed by atoms with van der Waals surface area (Å²) in [6.07, 6.45) is 3.52. The summed E-state index contributed by atoms with van der Waals surface area (Å²) in [5, 5.41) is 3.24. The highest BCUT2D eigenvalue weighted by Gasteiger charge is 2.21. The third kappa shape index (κ3) is 3.49. The lowest BCUT2D eigenvalue weighted by Crippen LogP contribution is -2.30. The smallest absolute Gasteiger partial charge is 0.327 e. The van der Waals surface area contributed by atoms with Crippen LogP contribution in [-0.4, -0.2) is 22.6 Å². The van der Waals surface area contributed by atoms with Gasteiger partial charge in [0.25, 0.3) is 0 Å². The number of rotatable bonds is 5. The number of hydrogen-bond donors (Lipinski definition) is 1. The van der Waals surface area contributed by atoms with Crippen LogP contribution in [0.1, 0.15) is 28.4 Å². The number of imidazole rings is 1. The quantitative estimate of drug-likeness (QED) is 0.855. The van der Waals surface area contributed by atoms with Gasteiger partial charge >= 0.3 is 5.97 Å². The van der Waals surface area contributed by atoms with Crippen molar-refractivity contribution in [3.8, 4) is 0 Å². The van der Waals surface area contributed by atoms with Crippen LogP contribution in [-0.2, 0) is 23.1 Å². The fourth-order valence-corrected chi connectivity index (χ4v) is 2.16. The molecule has 0 aliphatic heterocycles. The maximum absolute atomic E-state index is 12.0. The van der Waals surface area contributed by atoms with Gasteiger partial charge in [-0.2, -0.15) is 0 Å². The van der Waals surface area contributed by atoms with Gasteiger partial charge in [-0.3, -0.25) is 5.32 Å². The zero-order valence-electron chi connectivity index (χ0n) is 12.9. The standard InChI is InChI=1S/C16H21N3O2/c1-11-5-6-13(7-12(11)2)15(16(20)21-4)18-9-14-8-17-10-19(14)3/h5-8,10,15,18H,9H2,1-4H3. The average molecular weight is 287 g/mol. The number of nitrogens with one attached hydrogen (secondary N) is 1. The van der Waals surface area contributed by atoms with E-state index in [9.17, 15) is 4.79 Å². The Morgan fingerprint density at radius 1 is 1.38 bits per heavy atom. The minimum Gasteiger partial charge on any atom is -0.468 e. The fourth-order valence-electron chi connectivity index (χ4n) is 2.16. The van der Waals surface area contributed by atoms with Crippen LogP contribution in [0, 0.1) is 13.8 Å². The molecule has 0 aliphatic rings. The first-order valence-electron chi connectivity index (χ1n) is 6.86. The molecule has 0 fully saturated rings. The Kier molecular flexibility index (Phi) is 4.75. The lowest BCUT2D eigenvalue weighted by atomic mass is 10.0. The van der Waals surface area contributed by atoms with Gasteiger partial charge in [-0.05, 0) is 30.5 Å². The number of methoxy groups -OCH3 is 1. The molecule has 0 aliphatic carbocycles. The van der Waals surface area contributed by atoms with Crippen molar-refractivity contribution in [3.63, 3.8) is 0 Å². The van der Waals surface area contributed by atoms with Gasteiger partial charge in [0.1, 0.15) is 6.04 Å².